The van der Waals surface area contributed by atoms with Crippen LogP contribution in [-0.4, -0.2) is 22.5 Å². The molecule has 4 nitrogen and oxygen atoms in total. The number of benzene rings is 1. The lowest BCUT2D eigenvalue weighted by molar-refractivity contribution is 0.0918. The minimum atomic E-state index is -0.748. The van der Waals surface area contributed by atoms with Crippen LogP contribution in [0, 0.1) is 0 Å². The molecule has 3 aromatic rings. The molecular weight excluding hydrogens is 320 g/mol. The smallest absolute Gasteiger partial charge is 0.253 e. The SMILES string of the molecule is O=C(NC[C@@H](O)c1cc2ccccc2s1)c1ccncc1Cl. The van der Waals surface area contributed by atoms with Crippen LogP contribution in [0.5, 0.6) is 0 Å². The number of hydrogen-bond donors (Lipinski definition) is 2. The maximum atomic E-state index is 12.0. The number of fused-ring (bicyclic) bond motifs is 1. The van der Waals surface area contributed by atoms with Gasteiger partial charge >= 0.3 is 0 Å². The number of rotatable bonds is 4. The van der Waals surface area contributed by atoms with E-state index in [-0.39, 0.29) is 17.5 Å². The third kappa shape index (κ3) is 3.11. The number of aromatic nitrogens is 1. The molecule has 1 atom stereocenters. The monoisotopic (exact) mass is 332 g/mol. The molecular formula is C16H13ClN2O2S. The van der Waals surface area contributed by atoms with Crippen LogP contribution in [0.15, 0.2) is 48.8 Å². The predicted octanol–water partition coefficient (Wildman–Crippen LogP) is 3.41. The molecule has 1 aromatic carbocycles. The fraction of sp³-hybridized carbons (Fsp3) is 0.125. The zero-order valence-corrected chi connectivity index (χ0v) is 13.1. The van der Waals surface area contributed by atoms with Gasteiger partial charge in [-0.05, 0) is 23.6 Å². The normalized spacial score (nSPS) is 12.3. The minimum Gasteiger partial charge on any atom is -0.386 e. The van der Waals surface area contributed by atoms with E-state index >= 15 is 0 Å². The fourth-order valence-electron chi connectivity index (χ4n) is 2.11. The summed E-state index contributed by atoms with van der Waals surface area (Å²) in [5.74, 6) is -0.326. The van der Waals surface area contributed by atoms with E-state index < -0.39 is 6.10 Å². The van der Waals surface area contributed by atoms with Crippen LogP contribution in [0.25, 0.3) is 10.1 Å². The number of aliphatic hydroxyl groups is 1. The number of pyridine rings is 1. The standard InChI is InChI=1S/C16H13ClN2O2S/c17-12-8-18-6-5-11(12)16(21)19-9-13(20)15-7-10-3-1-2-4-14(10)22-15/h1-8,13,20H,9H2,(H,19,21)/t13-/m1/s1. The molecule has 0 bridgehead atoms. The summed E-state index contributed by atoms with van der Waals surface area (Å²) in [7, 11) is 0. The molecule has 0 radical (unpaired) electrons. The van der Waals surface area contributed by atoms with E-state index in [1.165, 1.54) is 23.7 Å². The van der Waals surface area contributed by atoms with Crippen molar-refractivity contribution in [3.05, 3.63) is 64.3 Å². The average molecular weight is 333 g/mol. The third-order valence-corrected chi connectivity index (χ3v) is 4.76. The van der Waals surface area contributed by atoms with E-state index in [2.05, 4.69) is 10.3 Å². The van der Waals surface area contributed by atoms with Gasteiger partial charge in [-0.3, -0.25) is 9.78 Å². The van der Waals surface area contributed by atoms with Gasteiger partial charge in [0.05, 0.1) is 10.6 Å². The Labute approximate surface area is 136 Å². The van der Waals surface area contributed by atoms with E-state index in [1.54, 1.807) is 6.07 Å². The second-order valence-corrected chi connectivity index (χ2v) is 6.29. The Morgan fingerprint density at radius 1 is 1.36 bits per heavy atom. The quantitative estimate of drug-likeness (QED) is 0.769. The molecule has 112 valence electrons. The summed E-state index contributed by atoms with van der Waals surface area (Å²) < 4.78 is 1.11. The molecule has 3 rings (SSSR count). The van der Waals surface area contributed by atoms with Gasteiger partial charge in [0.15, 0.2) is 0 Å². The summed E-state index contributed by atoms with van der Waals surface area (Å²) in [6.45, 7) is 0.129. The topological polar surface area (TPSA) is 62.2 Å². The Hall–Kier alpha value is -1.95. The first-order valence-corrected chi connectivity index (χ1v) is 7.89. The first-order chi connectivity index (χ1) is 10.6. The summed E-state index contributed by atoms with van der Waals surface area (Å²) >= 11 is 7.44. The second-order valence-electron chi connectivity index (χ2n) is 4.77. The van der Waals surface area contributed by atoms with Crippen LogP contribution in [0.4, 0.5) is 0 Å². The minimum absolute atomic E-state index is 0.129. The Morgan fingerprint density at radius 2 is 2.18 bits per heavy atom. The summed E-state index contributed by atoms with van der Waals surface area (Å²) in [6.07, 6.45) is 2.17. The van der Waals surface area contributed by atoms with Crippen molar-refractivity contribution in [1.82, 2.24) is 10.3 Å². The molecule has 2 heterocycles. The number of aliphatic hydroxyl groups excluding tert-OH is 1. The van der Waals surface area contributed by atoms with Gasteiger partial charge in [0, 0.05) is 28.5 Å². The van der Waals surface area contributed by atoms with Crippen molar-refractivity contribution in [1.29, 1.82) is 0 Å². The Bertz CT molecular complexity index is 786. The molecule has 0 fully saturated rings. The lowest BCUT2D eigenvalue weighted by Gasteiger charge is -2.10. The molecule has 0 aliphatic rings. The Balaban J connectivity index is 1.68. The average Bonchev–Trinajstić information content (AvgIpc) is 2.97. The molecule has 2 aromatic heterocycles. The molecule has 0 spiro atoms. The largest absolute Gasteiger partial charge is 0.386 e. The van der Waals surface area contributed by atoms with Crippen molar-refractivity contribution < 1.29 is 9.90 Å². The predicted molar refractivity (Wildman–Crippen MR) is 88.4 cm³/mol. The second kappa shape index (κ2) is 6.44. The van der Waals surface area contributed by atoms with Crippen molar-refractivity contribution in [2.75, 3.05) is 6.54 Å². The highest BCUT2D eigenvalue weighted by molar-refractivity contribution is 7.19. The highest BCUT2D eigenvalue weighted by Gasteiger charge is 2.15. The van der Waals surface area contributed by atoms with Gasteiger partial charge in [0.2, 0.25) is 0 Å². The van der Waals surface area contributed by atoms with Gasteiger partial charge in [-0.2, -0.15) is 0 Å². The molecule has 0 unspecified atom stereocenters. The highest BCUT2D eigenvalue weighted by Crippen LogP contribution is 2.29. The van der Waals surface area contributed by atoms with Gasteiger partial charge in [-0.25, -0.2) is 0 Å². The van der Waals surface area contributed by atoms with Crippen molar-refractivity contribution in [3.8, 4) is 0 Å². The Kier molecular flexibility index (Phi) is 4.38. The van der Waals surface area contributed by atoms with Crippen molar-refractivity contribution >= 4 is 38.9 Å². The number of hydrogen-bond acceptors (Lipinski definition) is 4. The van der Waals surface area contributed by atoms with E-state index in [0.717, 1.165) is 15.0 Å². The molecule has 0 aliphatic carbocycles. The number of amides is 1. The van der Waals surface area contributed by atoms with Gasteiger partial charge in [0.1, 0.15) is 6.10 Å². The van der Waals surface area contributed by atoms with E-state index in [1.807, 2.05) is 30.3 Å². The van der Waals surface area contributed by atoms with Crippen molar-refractivity contribution in [2.45, 2.75) is 6.10 Å². The number of thiophene rings is 1. The summed E-state index contributed by atoms with van der Waals surface area (Å²) in [5.41, 5.74) is 0.347. The molecule has 0 saturated carbocycles. The maximum absolute atomic E-state index is 12.0. The molecule has 22 heavy (non-hydrogen) atoms. The number of carbonyl (C=O) groups is 1. The van der Waals surface area contributed by atoms with E-state index in [0.29, 0.717) is 5.56 Å². The molecule has 0 aliphatic heterocycles. The van der Waals surface area contributed by atoms with Gasteiger partial charge in [0.25, 0.3) is 5.91 Å². The fourth-order valence-corrected chi connectivity index (χ4v) is 3.37. The summed E-state index contributed by atoms with van der Waals surface area (Å²) in [5, 5.41) is 14.3. The lowest BCUT2D eigenvalue weighted by Crippen LogP contribution is -2.28. The number of nitrogens with zero attached hydrogens (tertiary/aromatic N) is 1. The molecule has 2 N–H and O–H groups in total. The van der Waals surface area contributed by atoms with Gasteiger partial charge in [-0.15, -0.1) is 11.3 Å². The molecule has 1 amide bonds. The highest BCUT2D eigenvalue weighted by atomic mass is 35.5. The van der Waals surface area contributed by atoms with Gasteiger partial charge in [-0.1, -0.05) is 29.8 Å². The van der Waals surface area contributed by atoms with Crippen LogP contribution >= 0.6 is 22.9 Å². The third-order valence-electron chi connectivity index (χ3n) is 3.25. The van der Waals surface area contributed by atoms with Crippen molar-refractivity contribution in [3.63, 3.8) is 0 Å². The van der Waals surface area contributed by atoms with Crippen molar-refractivity contribution in [2.24, 2.45) is 0 Å². The van der Waals surface area contributed by atoms with E-state index in [4.69, 9.17) is 11.6 Å². The summed E-state index contributed by atoms with van der Waals surface area (Å²) in [4.78, 5) is 16.7. The molecule has 0 saturated heterocycles. The van der Waals surface area contributed by atoms with E-state index in [9.17, 15) is 9.90 Å². The van der Waals surface area contributed by atoms with Gasteiger partial charge < -0.3 is 10.4 Å². The molecule has 6 heteroatoms. The first-order valence-electron chi connectivity index (χ1n) is 6.69. The Morgan fingerprint density at radius 3 is 2.95 bits per heavy atom. The van der Waals surface area contributed by atoms with Crippen LogP contribution in [0.2, 0.25) is 5.02 Å². The lowest BCUT2D eigenvalue weighted by atomic mass is 10.2. The van der Waals surface area contributed by atoms with Crippen LogP contribution in [0.1, 0.15) is 21.3 Å². The maximum Gasteiger partial charge on any atom is 0.253 e. The zero-order chi connectivity index (χ0) is 15.5. The zero-order valence-electron chi connectivity index (χ0n) is 11.5. The number of nitrogens with one attached hydrogen (secondary N) is 1. The summed E-state index contributed by atoms with van der Waals surface area (Å²) in [6, 6.07) is 11.4. The first kappa shape index (κ1) is 15.0. The number of halogens is 1. The number of carbonyl (C=O) groups excluding carboxylic acids is 1. The van der Waals surface area contributed by atoms with Crippen LogP contribution < -0.4 is 5.32 Å². The van der Waals surface area contributed by atoms with Crippen LogP contribution in [0.3, 0.4) is 0 Å². The van der Waals surface area contributed by atoms with Crippen LogP contribution in [-0.2, 0) is 0 Å².